The van der Waals surface area contributed by atoms with Gasteiger partial charge in [-0.3, -0.25) is 15.0 Å². The Morgan fingerprint density at radius 2 is 1.67 bits per heavy atom. The summed E-state index contributed by atoms with van der Waals surface area (Å²) >= 11 is 13.5. The number of fused-ring (bicyclic) bond motifs is 1. The van der Waals surface area contributed by atoms with Gasteiger partial charge in [0, 0.05) is 26.3 Å². The fourth-order valence-electron chi connectivity index (χ4n) is 2.80. The molecule has 0 aliphatic rings. The molecule has 150 valence electrons. The van der Waals surface area contributed by atoms with Crippen LogP contribution >= 0.6 is 35.0 Å². The molecule has 0 saturated carbocycles. The molecule has 0 bridgehead atoms. The molecular weight excluding hydrogens is 441 g/mol. The molecule has 0 aliphatic carbocycles. The average molecular weight is 456 g/mol. The maximum Gasteiger partial charge on any atom is 0.280 e. The van der Waals surface area contributed by atoms with Crippen LogP contribution in [-0.2, 0) is 5.75 Å². The molecule has 4 rings (SSSR count). The molecule has 0 spiro atoms. The first-order valence-electron chi connectivity index (χ1n) is 8.95. The molecule has 1 N–H and O–H groups in total. The van der Waals surface area contributed by atoms with E-state index < -0.39 is 11.5 Å². The van der Waals surface area contributed by atoms with Gasteiger partial charge in [0.15, 0.2) is 0 Å². The predicted octanol–water partition coefficient (Wildman–Crippen LogP) is 5.38. The second-order valence-corrected chi connectivity index (χ2v) is 8.38. The average Bonchev–Trinajstić information content (AvgIpc) is 2.76. The highest BCUT2D eigenvalue weighted by atomic mass is 35.5. The van der Waals surface area contributed by atoms with Crippen LogP contribution in [0.1, 0.15) is 15.9 Å². The molecule has 0 radical (unpaired) electrons. The summed E-state index contributed by atoms with van der Waals surface area (Å²) in [6, 6.07) is 19.7. The van der Waals surface area contributed by atoms with Crippen LogP contribution in [0.25, 0.3) is 10.9 Å². The Balaban J connectivity index is 1.45. The van der Waals surface area contributed by atoms with E-state index in [0.717, 1.165) is 20.9 Å². The summed E-state index contributed by atoms with van der Waals surface area (Å²) in [6.07, 6.45) is 1.29. The van der Waals surface area contributed by atoms with Crippen LogP contribution in [0.2, 0.25) is 10.0 Å². The molecule has 1 heterocycles. The number of halogens is 2. The minimum Gasteiger partial charge on any atom is -0.267 e. The number of aromatic nitrogens is 2. The van der Waals surface area contributed by atoms with Gasteiger partial charge >= 0.3 is 0 Å². The van der Waals surface area contributed by atoms with Crippen LogP contribution in [0.5, 0.6) is 0 Å². The van der Waals surface area contributed by atoms with E-state index in [-0.39, 0.29) is 0 Å². The number of thioether (sulfide) groups is 1. The van der Waals surface area contributed by atoms with E-state index in [2.05, 4.69) is 10.4 Å². The van der Waals surface area contributed by atoms with E-state index in [1.54, 1.807) is 36.0 Å². The van der Waals surface area contributed by atoms with Gasteiger partial charge in [0.1, 0.15) is 6.33 Å². The van der Waals surface area contributed by atoms with Crippen LogP contribution in [-0.4, -0.2) is 15.6 Å². The Bertz CT molecular complexity index is 1270. The monoisotopic (exact) mass is 455 g/mol. The van der Waals surface area contributed by atoms with Gasteiger partial charge < -0.3 is 0 Å². The lowest BCUT2D eigenvalue weighted by Crippen LogP contribution is -2.33. The van der Waals surface area contributed by atoms with E-state index in [4.69, 9.17) is 23.2 Å². The number of carbonyl (C=O) groups is 1. The number of benzene rings is 3. The summed E-state index contributed by atoms with van der Waals surface area (Å²) in [7, 11) is 0. The Morgan fingerprint density at radius 3 is 2.40 bits per heavy atom. The summed E-state index contributed by atoms with van der Waals surface area (Å²) in [4.78, 5) is 30.4. The lowest BCUT2D eigenvalue weighted by Gasteiger charge is -2.09. The predicted molar refractivity (Wildman–Crippen MR) is 122 cm³/mol. The second-order valence-electron chi connectivity index (χ2n) is 6.46. The number of hydrogen-bond donors (Lipinski definition) is 1. The molecule has 1 aromatic heterocycles. The van der Waals surface area contributed by atoms with Crippen molar-refractivity contribution in [3.8, 4) is 0 Å². The molecule has 0 saturated heterocycles. The fourth-order valence-corrected chi connectivity index (χ4v) is 3.95. The summed E-state index contributed by atoms with van der Waals surface area (Å²) in [5.41, 5.74) is 4.19. The molecule has 0 unspecified atom stereocenters. The summed E-state index contributed by atoms with van der Waals surface area (Å²) < 4.78 is 1.06. The van der Waals surface area contributed by atoms with Gasteiger partial charge in [-0.15, -0.1) is 11.8 Å². The number of carbonyl (C=O) groups excluding carboxylic acids is 1. The third-order valence-corrected chi connectivity index (χ3v) is 5.95. The fraction of sp³-hybridized carbons (Fsp3) is 0.0455. The SMILES string of the molecule is O=C(Nn1cnc2ccc(Cl)cc2c1=O)c1ccc(CSc2ccc(Cl)cc2)cc1. The molecule has 0 atom stereocenters. The molecule has 30 heavy (non-hydrogen) atoms. The highest BCUT2D eigenvalue weighted by Gasteiger charge is 2.10. The first kappa shape index (κ1) is 20.5. The maximum absolute atomic E-state index is 12.6. The molecule has 0 aliphatic heterocycles. The largest absolute Gasteiger partial charge is 0.280 e. The van der Waals surface area contributed by atoms with Crippen molar-refractivity contribution < 1.29 is 4.79 Å². The van der Waals surface area contributed by atoms with Gasteiger partial charge in [-0.05, 0) is 60.2 Å². The molecular formula is C22H15Cl2N3O2S. The molecule has 4 aromatic rings. The van der Waals surface area contributed by atoms with Crippen LogP contribution in [0.15, 0.2) is 82.7 Å². The van der Waals surface area contributed by atoms with E-state index in [1.807, 2.05) is 36.4 Å². The molecule has 3 aromatic carbocycles. The first-order valence-corrected chi connectivity index (χ1v) is 10.7. The second kappa shape index (κ2) is 8.92. The van der Waals surface area contributed by atoms with Crippen molar-refractivity contribution >= 4 is 51.8 Å². The van der Waals surface area contributed by atoms with Crippen molar-refractivity contribution in [1.29, 1.82) is 0 Å². The smallest absolute Gasteiger partial charge is 0.267 e. The highest BCUT2D eigenvalue weighted by molar-refractivity contribution is 7.98. The quantitative estimate of drug-likeness (QED) is 0.410. The van der Waals surface area contributed by atoms with Crippen molar-refractivity contribution in [3.05, 3.63) is 105 Å². The zero-order valence-electron chi connectivity index (χ0n) is 15.5. The van der Waals surface area contributed by atoms with Gasteiger partial charge in [-0.1, -0.05) is 35.3 Å². The van der Waals surface area contributed by atoms with Gasteiger partial charge in [0.25, 0.3) is 11.5 Å². The Morgan fingerprint density at radius 1 is 0.967 bits per heavy atom. The van der Waals surface area contributed by atoms with Crippen LogP contribution in [0.4, 0.5) is 0 Å². The third-order valence-electron chi connectivity index (χ3n) is 4.38. The number of amides is 1. The van der Waals surface area contributed by atoms with Crippen molar-refractivity contribution in [3.63, 3.8) is 0 Å². The summed E-state index contributed by atoms with van der Waals surface area (Å²) in [6.45, 7) is 0. The van der Waals surface area contributed by atoms with Gasteiger partial charge in [0.05, 0.1) is 10.9 Å². The third kappa shape index (κ3) is 4.67. The van der Waals surface area contributed by atoms with Gasteiger partial charge in [0.2, 0.25) is 0 Å². The Hall–Kier alpha value is -2.80. The molecule has 0 fully saturated rings. The molecule has 5 nitrogen and oxygen atoms in total. The number of rotatable bonds is 5. The summed E-state index contributed by atoms with van der Waals surface area (Å²) in [5.74, 6) is 0.357. The van der Waals surface area contributed by atoms with Crippen molar-refractivity contribution in [1.82, 2.24) is 9.66 Å². The van der Waals surface area contributed by atoms with Crippen molar-refractivity contribution in [2.75, 3.05) is 5.43 Å². The van der Waals surface area contributed by atoms with E-state index in [1.165, 1.54) is 12.4 Å². The van der Waals surface area contributed by atoms with Crippen molar-refractivity contribution in [2.24, 2.45) is 0 Å². The topological polar surface area (TPSA) is 64.0 Å². The normalized spacial score (nSPS) is 10.9. The molecule has 8 heteroatoms. The zero-order chi connectivity index (χ0) is 21.1. The zero-order valence-corrected chi connectivity index (χ0v) is 17.8. The lowest BCUT2D eigenvalue weighted by molar-refractivity contribution is 0.101. The summed E-state index contributed by atoms with van der Waals surface area (Å²) in [5, 5.41) is 1.47. The lowest BCUT2D eigenvalue weighted by atomic mass is 10.1. The van der Waals surface area contributed by atoms with E-state index in [9.17, 15) is 9.59 Å². The number of nitrogens with zero attached hydrogens (tertiary/aromatic N) is 2. The minimum absolute atomic E-state index is 0.333. The minimum atomic E-state index is -0.405. The first-order chi connectivity index (χ1) is 14.5. The van der Waals surface area contributed by atoms with E-state index >= 15 is 0 Å². The highest BCUT2D eigenvalue weighted by Crippen LogP contribution is 2.24. The maximum atomic E-state index is 12.6. The van der Waals surface area contributed by atoms with Crippen LogP contribution in [0, 0.1) is 0 Å². The number of nitrogens with one attached hydrogen (secondary N) is 1. The van der Waals surface area contributed by atoms with Crippen LogP contribution in [0.3, 0.4) is 0 Å². The van der Waals surface area contributed by atoms with E-state index in [0.29, 0.717) is 26.5 Å². The Kier molecular flexibility index (Phi) is 6.08. The van der Waals surface area contributed by atoms with Gasteiger partial charge in [-0.2, -0.15) is 0 Å². The van der Waals surface area contributed by atoms with Gasteiger partial charge in [-0.25, -0.2) is 9.66 Å². The number of hydrogen-bond acceptors (Lipinski definition) is 4. The molecule has 1 amide bonds. The van der Waals surface area contributed by atoms with Crippen LogP contribution < -0.4 is 11.0 Å². The van der Waals surface area contributed by atoms with Crippen molar-refractivity contribution in [2.45, 2.75) is 10.6 Å². The Labute approximate surface area is 186 Å². The standard InChI is InChI=1S/C22H15Cl2N3O2S/c23-16-5-8-18(9-6-16)30-12-14-1-3-15(4-2-14)21(28)26-27-13-25-20-10-7-17(24)11-19(20)22(27)29/h1-11,13H,12H2,(H,26,28).